The lowest BCUT2D eigenvalue weighted by Crippen LogP contribution is -2.36. The largest absolute Gasteiger partial charge is 0.334 e. The summed E-state index contributed by atoms with van der Waals surface area (Å²) in [4.78, 5) is 15.7. The molecule has 1 aromatic heterocycles. The predicted molar refractivity (Wildman–Crippen MR) is 117 cm³/mol. The topological polar surface area (TPSA) is 24.2 Å². The smallest absolute Gasteiger partial charge is 0.212 e. The summed E-state index contributed by atoms with van der Waals surface area (Å²) in [6, 6.07) is 19.0. The second kappa shape index (κ2) is 7.10. The van der Waals surface area contributed by atoms with Crippen LogP contribution >= 0.6 is 11.8 Å². The molecule has 1 aliphatic rings. The Bertz CT molecular complexity index is 1100. The van der Waals surface area contributed by atoms with E-state index in [1.165, 1.54) is 27.0 Å². The second-order valence-corrected chi connectivity index (χ2v) is 9.04. The number of aromatic nitrogens is 1. The molecule has 0 spiro atoms. The summed E-state index contributed by atoms with van der Waals surface area (Å²) >= 11 is 1.77. The van der Waals surface area contributed by atoms with Crippen LogP contribution in [0.4, 0.5) is 5.69 Å². The monoisotopic (exact) mass is 389 g/mol. The molecule has 0 N–H and O–H groups in total. The van der Waals surface area contributed by atoms with Gasteiger partial charge in [-0.05, 0) is 36.8 Å². The van der Waals surface area contributed by atoms with Crippen LogP contribution in [0, 0.1) is 5.41 Å². The number of pyridine rings is 1. The molecule has 0 saturated heterocycles. The fraction of sp³-hybridized carbons (Fsp3) is 0.250. The summed E-state index contributed by atoms with van der Waals surface area (Å²) in [5, 5.41) is 2.39. The van der Waals surface area contributed by atoms with Gasteiger partial charge in [-0.15, -0.1) is 0 Å². The van der Waals surface area contributed by atoms with E-state index in [4.69, 9.17) is 0 Å². The van der Waals surface area contributed by atoms with Crippen LogP contribution in [0.15, 0.2) is 70.7 Å². The first-order valence-electron chi connectivity index (χ1n) is 9.51. The first-order valence-corrected chi connectivity index (χ1v) is 10.3. The fourth-order valence-electron chi connectivity index (χ4n) is 3.48. The van der Waals surface area contributed by atoms with E-state index in [9.17, 15) is 4.79 Å². The molecular weight excluding hydrogens is 364 g/mol. The maximum Gasteiger partial charge on any atom is 0.212 e. The Morgan fingerprint density at radius 2 is 1.82 bits per heavy atom. The van der Waals surface area contributed by atoms with Gasteiger partial charge in [0.2, 0.25) is 5.52 Å². The van der Waals surface area contributed by atoms with Crippen LogP contribution in [0.25, 0.3) is 17.0 Å². The lowest BCUT2D eigenvalue weighted by Gasteiger charge is -2.30. The minimum absolute atomic E-state index is 0.207. The zero-order chi connectivity index (χ0) is 19.9. The van der Waals surface area contributed by atoms with Crippen LogP contribution < -0.4 is 9.47 Å². The average Bonchev–Trinajstić information content (AvgIpc) is 3.01. The summed E-state index contributed by atoms with van der Waals surface area (Å²) in [5.41, 5.74) is 3.16. The number of Topliss-reactive ketones (excluding diaryl/α,β-unsaturated/α-hetero) is 1. The maximum atomic E-state index is 12.2. The highest BCUT2D eigenvalue weighted by molar-refractivity contribution is 8.03. The number of ketones is 1. The molecule has 2 heterocycles. The van der Waals surface area contributed by atoms with Crippen molar-refractivity contribution < 1.29 is 9.36 Å². The van der Waals surface area contributed by atoms with Crippen molar-refractivity contribution in [3.8, 4) is 0 Å². The summed E-state index contributed by atoms with van der Waals surface area (Å²) in [7, 11) is 2.07. The molecule has 142 valence electrons. The van der Waals surface area contributed by atoms with Crippen molar-refractivity contribution in [2.24, 2.45) is 12.5 Å². The molecule has 3 aromatic rings. The molecule has 0 fully saturated rings. The highest BCUT2D eigenvalue weighted by Gasteiger charge is 2.33. The van der Waals surface area contributed by atoms with E-state index >= 15 is 0 Å². The van der Waals surface area contributed by atoms with Crippen LogP contribution in [0.1, 0.15) is 26.3 Å². The molecule has 0 bridgehead atoms. The van der Waals surface area contributed by atoms with E-state index in [0.717, 1.165) is 5.03 Å². The number of hydrogen-bond donors (Lipinski definition) is 0. The van der Waals surface area contributed by atoms with Gasteiger partial charge in [0, 0.05) is 29.0 Å². The molecule has 4 rings (SSSR count). The Morgan fingerprint density at radius 1 is 1.11 bits per heavy atom. The second-order valence-electron chi connectivity index (χ2n) is 7.98. The van der Waals surface area contributed by atoms with Gasteiger partial charge in [-0.1, -0.05) is 49.9 Å². The third kappa shape index (κ3) is 3.33. The van der Waals surface area contributed by atoms with Crippen molar-refractivity contribution in [2.75, 3.05) is 11.4 Å². The number of anilines is 1. The molecule has 0 aliphatic carbocycles. The predicted octanol–water partition coefficient (Wildman–Crippen LogP) is 5.19. The molecule has 0 unspecified atom stereocenters. The van der Waals surface area contributed by atoms with Crippen molar-refractivity contribution in [2.45, 2.75) is 25.7 Å². The van der Waals surface area contributed by atoms with Crippen molar-refractivity contribution in [1.82, 2.24) is 0 Å². The lowest BCUT2D eigenvalue weighted by atomic mass is 9.88. The van der Waals surface area contributed by atoms with E-state index in [0.29, 0.717) is 6.54 Å². The summed E-state index contributed by atoms with van der Waals surface area (Å²) < 4.78 is 2.14. The van der Waals surface area contributed by atoms with Crippen molar-refractivity contribution >= 4 is 40.2 Å². The van der Waals surface area contributed by atoms with E-state index in [1.807, 2.05) is 13.8 Å². The Labute approximate surface area is 170 Å². The third-order valence-electron chi connectivity index (χ3n) is 5.49. The molecule has 1 aliphatic heterocycles. The van der Waals surface area contributed by atoms with Gasteiger partial charge in [-0.25, -0.2) is 4.57 Å². The van der Waals surface area contributed by atoms with E-state index in [-0.39, 0.29) is 5.78 Å². The molecule has 4 heteroatoms. The number of carbonyl (C=O) groups excluding carboxylic acids is 1. The van der Waals surface area contributed by atoms with Gasteiger partial charge in [-0.2, -0.15) is 0 Å². The third-order valence-corrected chi connectivity index (χ3v) is 6.61. The molecule has 28 heavy (non-hydrogen) atoms. The van der Waals surface area contributed by atoms with Gasteiger partial charge < -0.3 is 4.90 Å². The number of fused-ring (bicyclic) bond motifs is 2. The average molecular weight is 390 g/mol. The standard InChI is InChI=1S/C24H25N2OS/c1-17(27)24(2,3)16-26-21-11-7-8-12-22(21)28-23(26)15-18-13-14-25(4)20-10-6-5-9-19(18)20/h5-15H,16H2,1-4H3/q+1. The Hall–Kier alpha value is -2.59. The van der Waals surface area contributed by atoms with Crippen LogP contribution in [0.5, 0.6) is 0 Å². The number of rotatable bonds is 4. The van der Waals surface area contributed by atoms with Crippen LogP contribution in [0.3, 0.4) is 0 Å². The summed E-state index contributed by atoms with van der Waals surface area (Å²) in [6.07, 6.45) is 4.36. The van der Waals surface area contributed by atoms with Crippen LogP contribution in [-0.2, 0) is 11.8 Å². The zero-order valence-electron chi connectivity index (χ0n) is 16.8. The minimum Gasteiger partial charge on any atom is -0.334 e. The van der Waals surface area contributed by atoms with E-state index in [1.54, 1.807) is 18.7 Å². The SMILES string of the molecule is CC(=O)C(C)(C)CN1/C(=C/c2cc[n+](C)c3ccccc23)Sc2ccccc21. The van der Waals surface area contributed by atoms with Gasteiger partial charge in [0.1, 0.15) is 12.8 Å². The molecule has 2 aromatic carbocycles. The van der Waals surface area contributed by atoms with Gasteiger partial charge in [0.05, 0.1) is 16.1 Å². The number of hydrogen-bond acceptors (Lipinski definition) is 3. The van der Waals surface area contributed by atoms with E-state index < -0.39 is 5.41 Å². The highest BCUT2D eigenvalue weighted by Crippen LogP contribution is 2.47. The number of aryl methyl sites for hydroxylation is 1. The van der Waals surface area contributed by atoms with Gasteiger partial charge in [0.25, 0.3) is 0 Å². The lowest BCUT2D eigenvalue weighted by molar-refractivity contribution is -0.644. The Balaban J connectivity index is 1.82. The number of nitrogens with zero attached hydrogens (tertiary/aromatic N) is 2. The number of carbonyl (C=O) groups is 1. The fourth-order valence-corrected chi connectivity index (χ4v) is 4.59. The van der Waals surface area contributed by atoms with Crippen molar-refractivity contribution in [1.29, 1.82) is 0 Å². The normalized spacial score (nSPS) is 15.3. The number of thioether (sulfide) groups is 1. The molecular formula is C24H25N2OS+. The van der Waals surface area contributed by atoms with Crippen molar-refractivity contribution in [3.05, 3.63) is 71.4 Å². The quantitative estimate of drug-likeness (QED) is 0.574. The van der Waals surface area contributed by atoms with Crippen molar-refractivity contribution in [3.63, 3.8) is 0 Å². The Kier molecular flexibility index (Phi) is 4.76. The number of para-hydroxylation sites is 2. The molecule has 0 saturated carbocycles. The highest BCUT2D eigenvalue weighted by atomic mass is 32.2. The molecule has 0 atom stereocenters. The maximum absolute atomic E-state index is 12.2. The van der Waals surface area contributed by atoms with Crippen LogP contribution in [0.2, 0.25) is 0 Å². The summed E-state index contributed by atoms with van der Waals surface area (Å²) in [5.74, 6) is 0.207. The molecule has 0 amide bonds. The molecule has 0 radical (unpaired) electrons. The summed E-state index contributed by atoms with van der Waals surface area (Å²) in [6.45, 7) is 6.40. The van der Waals surface area contributed by atoms with E-state index in [2.05, 4.69) is 83.4 Å². The van der Waals surface area contributed by atoms with Gasteiger partial charge in [-0.3, -0.25) is 4.79 Å². The van der Waals surface area contributed by atoms with Gasteiger partial charge in [0.15, 0.2) is 6.20 Å². The Morgan fingerprint density at radius 3 is 2.61 bits per heavy atom. The first-order chi connectivity index (χ1) is 13.4. The minimum atomic E-state index is -0.414. The molecule has 3 nitrogen and oxygen atoms in total. The van der Waals surface area contributed by atoms with Crippen LogP contribution in [-0.4, -0.2) is 12.3 Å². The zero-order valence-corrected chi connectivity index (χ0v) is 17.6. The first kappa shape index (κ1) is 18.8. The number of benzene rings is 2. The van der Waals surface area contributed by atoms with Gasteiger partial charge >= 0.3 is 0 Å².